The van der Waals surface area contributed by atoms with E-state index in [0.717, 1.165) is 24.1 Å². The van der Waals surface area contributed by atoms with Crippen molar-refractivity contribution in [3.05, 3.63) is 29.3 Å². The molecule has 0 atom stereocenters. The lowest BCUT2D eigenvalue weighted by atomic mass is 9.89. The van der Waals surface area contributed by atoms with E-state index in [0.29, 0.717) is 13.0 Å². The Labute approximate surface area is 122 Å². The van der Waals surface area contributed by atoms with E-state index in [1.54, 1.807) is 24.1 Å². The molecule has 6 heteroatoms. The number of carbonyl (C=O) groups excluding carboxylic acids is 1. The first-order chi connectivity index (χ1) is 10.1. The fourth-order valence-corrected chi connectivity index (χ4v) is 2.87. The van der Waals surface area contributed by atoms with Crippen LogP contribution in [0.4, 0.5) is 10.5 Å². The lowest BCUT2D eigenvalue weighted by Crippen LogP contribution is -2.51. The number of anilines is 1. The topological polar surface area (TPSA) is 78.9 Å². The molecule has 2 aliphatic rings. The number of carboxylic acids is 1. The monoisotopic (exact) mass is 290 g/mol. The minimum atomic E-state index is -0.944. The summed E-state index contributed by atoms with van der Waals surface area (Å²) in [5, 5.41) is 12.0. The van der Waals surface area contributed by atoms with Crippen LogP contribution in [0.2, 0.25) is 0 Å². The van der Waals surface area contributed by atoms with E-state index in [9.17, 15) is 9.59 Å². The van der Waals surface area contributed by atoms with E-state index in [-0.39, 0.29) is 23.7 Å². The first kappa shape index (κ1) is 13.9. The van der Waals surface area contributed by atoms with Gasteiger partial charge < -0.3 is 15.2 Å². The maximum absolute atomic E-state index is 12.3. The molecule has 1 aliphatic carbocycles. The van der Waals surface area contributed by atoms with Gasteiger partial charge in [-0.3, -0.25) is 4.90 Å². The molecule has 0 unspecified atom stereocenters. The highest BCUT2D eigenvalue weighted by Crippen LogP contribution is 2.30. The summed E-state index contributed by atoms with van der Waals surface area (Å²) in [6, 6.07) is 4.96. The molecule has 1 aliphatic heterocycles. The molecule has 112 valence electrons. The average molecular weight is 290 g/mol. The van der Waals surface area contributed by atoms with Crippen LogP contribution in [-0.2, 0) is 11.2 Å². The Morgan fingerprint density at radius 2 is 2.14 bits per heavy atom. The second-order valence-electron chi connectivity index (χ2n) is 5.53. The van der Waals surface area contributed by atoms with Crippen LogP contribution >= 0.6 is 0 Å². The molecule has 21 heavy (non-hydrogen) atoms. The second-order valence-corrected chi connectivity index (χ2v) is 5.53. The molecule has 1 aromatic rings. The van der Waals surface area contributed by atoms with Crippen LogP contribution in [0.3, 0.4) is 0 Å². The molecule has 3 rings (SSSR count). The zero-order valence-corrected chi connectivity index (χ0v) is 11.8. The van der Waals surface area contributed by atoms with Crippen molar-refractivity contribution in [1.82, 2.24) is 5.32 Å². The highest BCUT2D eigenvalue weighted by atomic mass is 16.5. The van der Waals surface area contributed by atoms with Gasteiger partial charge in [-0.1, -0.05) is 0 Å². The third-order valence-electron chi connectivity index (χ3n) is 4.22. The predicted octanol–water partition coefficient (Wildman–Crippen LogP) is 1.63. The number of rotatable bonds is 3. The summed E-state index contributed by atoms with van der Waals surface area (Å²) < 4.78 is 5.19. The zero-order valence-electron chi connectivity index (χ0n) is 11.8. The van der Waals surface area contributed by atoms with E-state index < -0.39 is 5.97 Å². The SMILES string of the molecule is COC1CC(NC(=O)N2CCc3cc(C(=O)O)ccc32)C1. The molecule has 0 radical (unpaired) electrons. The minimum Gasteiger partial charge on any atom is -0.478 e. The first-order valence-electron chi connectivity index (χ1n) is 7.05. The van der Waals surface area contributed by atoms with Crippen LogP contribution in [0.5, 0.6) is 0 Å². The summed E-state index contributed by atoms with van der Waals surface area (Å²) in [7, 11) is 1.68. The number of nitrogens with zero attached hydrogens (tertiary/aromatic N) is 1. The molecular formula is C15H18N2O4. The maximum Gasteiger partial charge on any atom is 0.335 e. The van der Waals surface area contributed by atoms with Crippen molar-refractivity contribution in [2.45, 2.75) is 31.4 Å². The van der Waals surface area contributed by atoms with E-state index >= 15 is 0 Å². The number of carbonyl (C=O) groups is 2. The Morgan fingerprint density at radius 3 is 2.81 bits per heavy atom. The van der Waals surface area contributed by atoms with E-state index in [2.05, 4.69) is 5.32 Å². The van der Waals surface area contributed by atoms with Crippen molar-refractivity contribution in [1.29, 1.82) is 0 Å². The fourth-order valence-electron chi connectivity index (χ4n) is 2.87. The lowest BCUT2D eigenvalue weighted by molar-refractivity contribution is 0.0208. The molecule has 0 saturated heterocycles. The van der Waals surface area contributed by atoms with E-state index in [4.69, 9.17) is 9.84 Å². The van der Waals surface area contributed by atoms with Crippen LogP contribution in [0, 0.1) is 0 Å². The van der Waals surface area contributed by atoms with Gasteiger partial charge in [-0.15, -0.1) is 0 Å². The highest BCUT2D eigenvalue weighted by Gasteiger charge is 2.33. The number of hydrogen-bond acceptors (Lipinski definition) is 3. The first-order valence-corrected chi connectivity index (χ1v) is 7.05. The summed E-state index contributed by atoms with van der Waals surface area (Å²) in [4.78, 5) is 24.9. The number of ether oxygens (including phenoxy) is 1. The molecule has 2 amide bonds. The molecule has 1 fully saturated rings. The fraction of sp³-hybridized carbons (Fsp3) is 0.467. The molecule has 0 bridgehead atoms. The van der Waals surface area contributed by atoms with Crippen molar-refractivity contribution < 1.29 is 19.4 Å². The normalized spacial score (nSPS) is 23.4. The van der Waals surface area contributed by atoms with E-state index in [1.807, 2.05) is 0 Å². The molecule has 1 aromatic carbocycles. The van der Waals surface area contributed by atoms with Gasteiger partial charge in [-0.25, -0.2) is 9.59 Å². The summed E-state index contributed by atoms with van der Waals surface area (Å²) in [6.07, 6.45) is 2.64. The quantitative estimate of drug-likeness (QED) is 0.887. The van der Waals surface area contributed by atoms with Crippen LogP contribution in [-0.4, -0.2) is 42.9 Å². The predicted molar refractivity (Wildman–Crippen MR) is 76.8 cm³/mol. The summed E-state index contributed by atoms with van der Waals surface area (Å²) in [5.74, 6) is -0.944. The van der Waals surface area contributed by atoms with Crippen LogP contribution < -0.4 is 10.2 Å². The number of nitrogens with one attached hydrogen (secondary N) is 1. The third-order valence-corrected chi connectivity index (χ3v) is 4.22. The number of fused-ring (bicyclic) bond motifs is 1. The molecule has 1 saturated carbocycles. The van der Waals surface area contributed by atoms with E-state index in [1.165, 1.54) is 6.07 Å². The second kappa shape index (κ2) is 5.37. The molecule has 1 heterocycles. The summed E-state index contributed by atoms with van der Waals surface area (Å²) >= 11 is 0. The van der Waals surface area contributed by atoms with Crippen LogP contribution in [0.1, 0.15) is 28.8 Å². The lowest BCUT2D eigenvalue weighted by Gasteiger charge is -2.35. The molecule has 0 aromatic heterocycles. The van der Waals surface area contributed by atoms with Gasteiger partial charge in [-0.05, 0) is 43.0 Å². The molecule has 6 nitrogen and oxygen atoms in total. The number of aromatic carboxylic acids is 1. The Balaban J connectivity index is 1.67. The molecule has 2 N–H and O–H groups in total. The third kappa shape index (κ3) is 2.58. The number of carboxylic acid groups (broad SMARTS) is 1. The standard InChI is InChI=1S/C15H18N2O4/c1-21-12-7-11(8-12)16-15(20)17-5-4-9-6-10(14(18)19)2-3-13(9)17/h2-3,6,11-12H,4-5,7-8H2,1H3,(H,16,20)(H,18,19). The van der Waals surface area contributed by atoms with Crippen LogP contribution in [0.15, 0.2) is 18.2 Å². The number of methoxy groups -OCH3 is 1. The van der Waals surface area contributed by atoms with Crippen molar-refractivity contribution in [3.63, 3.8) is 0 Å². The van der Waals surface area contributed by atoms with Gasteiger partial charge in [0.25, 0.3) is 0 Å². The van der Waals surface area contributed by atoms with Crippen molar-refractivity contribution in [3.8, 4) is 0 Å². The number of benzene rings is 1. The molecule has 0 spiro atoms. The van der Waals surface area contributed by atoms with Crippen LogP contribution in [0.25, 0.3) is 0 Å². The Kier molecular flexibility index (Phi) is 3.55. The van der Waals surface area contributed by atoms with Gasteiger partial charge in [0, 0.05) is 25.4 Å². The minimum absolute atomic E-state index is 0.114. The Morgan fingerprint density at radius 1 is 1.38 bits per heavy atom. The maximum atomic E-state index is 12.3. The van der Waals surface area contributed by atoms with Gasteiger partial charge >= 0.3 is 12.0 Å². The number of amides is 2. The average Bonchev–Trinajstić information content (AvgIpc) is 2.84. The van der Waals surface area contributed by atoms with Crippen molar-refractivity contribution >= 4 is 17.7 Å². The smallest absolute Gasteiger partial charge is 0.335 e. The summed E-state index contributed by atoms with van der Waals surface area (Å²) in [5.41, 5.74) is 1.98. The van der Waals surface area contributed by atoms with Gasteiger partial charge in [0.1, 0.15) is 0 Å². The number of hydrogen-bond donors (Lipinski definition) is 2. The largest absolute Gasteiger partial charge is 0.478 e. The Hall–Kier alpha value is -2.08. The summed E-state index contributed by atoms with van der Waals surface area (Å²) in [6.45, 7) is 0.588. The van der Waals surface area contributed by atoms with Crippen molar-refractivity contribution in [2.24, 2.45) is 0 Å². The Bertz CT molecular complexity index is 581. The zero-order chi connectivity index (χ0) is 15.0. The van der Waals surface area contributed by atoms with Gasteiger partial charge in [0.2, 0.25) is 0 Å². The van der Waals surface area contributed by atoms with Gasteiger partial charge in [-0.2, -0.15) is 0 Å². The number of urea groups is 1. The molecular weight excluding hydrogens is 272 g/mol. The van der Waals surface area contributed by atoms with Crippen molar-refractivity contribution in [2.75, 3.05) is 18.6 Å². The van der Waals surface area contributed by atoms with Gasteiger partial charge in [0.05, 0.1) is 11.7 Å². The highest BCUT2D eigenvalue weighted by molar-refractivity contribution is 5.96. The van der Waals surface area contributed by atoms with Gasteiger partial charge in [0.15, 0.2) is 0 Å².